The van der Waals surface area contributed by atoms with E-state index in [0.29, 0.717) is 11.6 Å². The van der Waals surface area contributed by atoms with Crippen LogP contribution in [0.1, 0.15) is 33.3 Å². The van der Waals surface area contributed by atoms with Crippen LogP contribution in [-0.2, 0) is 11.3 Å². The Labute approximate surface area is 136 Å². The lowest BCUT2D eigenvalue weighted by Gasteiger charge is -2.10. The molecule has 1 aromatic heterocycles. The minimum Gasteiger partial charge on any atom is -0.483 e. The van der Waals surface area contributed by atoms with Gasteiger partial charge in [0.25, 0.3) is 12.4 Å². The SMILES string of the molecule is CC(NCc1ccc(Cl)cc1)c1nnc(C(N)=O)s1.O=CO. The summed E-state index contributed by atoms with van der Waals surface area (Å²) in [5.41, 5.74) is 6.26. The largest absolute Gasteiger partial charge is 0.483 e. The Balaban J connectivity index is 0.000000745. The summed E-state index contributed by atoms with van der Waals surface area (Å²) in [5.74, 6) is -0.548. The molecule has 7 nitrogen and oxygen atoms in total. The van der Waals surface area contributed by atoms with Crippen LogP contribution in [0.2, 0.25) is 5.02 Å². The summed E-state index contributed by atoms with van der Waals surface area (Å²) in [5, 5.41) is 19.6. The van der Waals surface area contributed by atoms with Crippen LogP contribution in [0, 0.1) is 0 Å². The molecule has 0 aliphatic carbocycles. The lowest BCUT2D eigenvalue weighted by Crippen LogP contribution is -2.17. The molecule has 2 rings (SSSR count). The van der Waals surface area contributed by atoms with Gasteiger partial charge in [-0.15, -0.1) is 10.2 Å². The zero-order valence-electron chi connectivity index (χ0n) is 11.7. The number of carbonyl (C=O) groups excluding carboxylic acids is 1. The van der Waals surface area contributed by atoms with Crippen LogP contribution in [0.25, 0.3) is 0 Å². The number of carboxylic acid groups (broad SMARTS) is 1. The van der Waals surface area contributed by atoms with Crippen molar-refractivity contribution < 1.29 is 14.7 Å². The van der Waals surface area contributed by atoms with Gasteiger partial charge in [-0.1, -0.05) is 35.1 Å². The first-order chi connectivity index (χ1) is 10.5. The molecular weight excluding hydrogens is 328 g/mol. The van der Waals surface area contributed by atoms with Crippen molar-refractivity contribution in [1.29, 1.82) is 0 Å². The predicted molar refractivity (Wildman–Crippen MR) is 83.8 cm³/mol. The molecule has 0 saturated heterocycles. The fourth-order valence-electron chi connectivity index (χ4n) is 1.47. The van der Waals surface area contributed by atoms with Gasteiger partial charge in [0, 0.05) is 11.6 Å². The maximum atomic E-state index is 10.9. The molecule has 4 N–H and O–H groups in total. The van der Waals surface area contributed by atoms with Gasteiger partial charge in [-0.25, -0.2) is 0 Å². The van der Waals surface area contributed by atoms with E-state index in [4.69, 9.17) is 27.2 Å². The third-order valence-corrected chi connectivity index (χ3v) is 3.92. The number of nitrogens with zero attached hydrogens (tertiary/aromatic N) is 2. The second-order valence-electron chi connectivity index (χ2n) is 4.14. The number of benzene rings is 1. The molecule has 0 bridgehead atoms. The average molecular weight is 343 g/mol. The molecule has 118 valence electrons. The summed E-state index contributed by atoms with van der Waals surface area (Å²) in [7, 11) is 0. The fraction of sp³-hybridized carbons (Fsp3) is 0.231. The summed E-state index contributed by atoms with van der Waals surface area (Å²) >= 11 is 7.03. The topological polar surface area (TPSA) is 118 Å². The van der Waals surface area contributed by atoms with E-state index in [-0.39, 0.29) is 17.5 Å². The highest BCUT2D eigenvalue weighted by Gasteiger charge is 2.14. The van der Waals surface area contributed by atoms with Gasteiger partial charge in [0.15, 0.2) is 0 Å². The van der Waals surface area contributed by atoms with Crippen LogP contribution in [0.5, 0.6) is 0 Å². The summed E-state index contributed by atoms with van der Waals surface area (Å²) in [4.78, 5) is 19.3. The zero-order chi connectivity index (χ0) is 16.5. The predicted octanol–water partition coefficient (Wildman–Crippen LogP) is 1.84. The fourth-order valence-corrected chi connectivity index (χ4v) is 2.32. The number of amides is 1. The van der Waals surface area contributed by atoms with Crippen molar-refractivity contribution in [3.05, 3.63) is 44.9 Å². The molecular formula is C13H15ClN4O3S. The molecule has 0 aliphatic rings. The van der Waals surface area contributed by atoms with E-state index in [2.05, 4.69) is 15.5 Å². The average Bonchev–Trinajstić information content (AvgIpc) is 2.97. The van der Waals surface area contributed by atoms with E-state index in [0.717, 1.165) is 10.6 Å². The van der Waals surface area contributed by atoms with Gasteiger partial charge in [-0.2, -0.15) is 0 Å². The van der Waals surface area contributed by atoms with E-state index in [1.54, 1.807) is 0 Å². The second-order valence-corrected chi connectivity index (χ2v) is 5.59. The van der Waals surface area contributed by atoms with Crippen LogP contribution in [0.3, 0.4) is 0 Å². The molecule has 0 spiro atoms. The Bertz CT molecular complexity index is 618. The number of hydrogen-bond acceptors (Lipinski definition) is 6. The number of halogens is 1. The maximum absolute atomic E-state index is 10.9. The number of nitrogens with two attached hydrogens (primary N) is 1. The third kappa shape index (κ3) is 5.76. The highest BCUT2D eigenvalue weighted by atomic mass is 35.5. The van der Waals surface area contributed by atoms with Crippen molar-refractivity contribution in [2.45, 2.75) is 19.5 Å². The maximum Gasteiger partial charge on any atom is 0.290 e. The monoisotopic (exact) mass is 342 g/mol. The molecule has 1 heterocycles. The molecule has 0 radical (unpaired) electrons. The van der Waals surface area contributed by atoms with Crippen LogP contribution in [0.4, 0.5) is 0 Å². The van der Waals surface area contributed by atoms with Crippen molar-refractivity contribution in [1.82, 2.24) is 15.5 Å². The molecule has 0 aliphatic heterocycles. The van der Waals surface area contributed by atoms with Crippen molar-refractivity contribution in [3.8, 4) is 0 Å². The number of rotatable bonds is 5. The summed E-state index contributed by atoms with van der Waals surface area (Å²) in [6, 6.07) is 7.61. The van der Waals surface area contributed by atoms with Crippen molar-refractivity contribution in [3.63, 3.8) is 0 Å². The van der Waals surface area contributed by atoms with Crippen molar-refractivity contribution in [2.75, 3.05) is 0 Å². The minimum atomic E-state index is -0.548. The molecule has 22 heavy (non-hydrogen) atoms. The summed E-state index contributed by atoms with van der Waals surface area (Å²) in [6.07, 6.45) is 0. The molecule has 1 aromatic carbocycles. The molecule has 2 aromatic rings. The van der Waals surface area contributed by atoms with Gasteiger partial charge >= 0.3 is 0 Å². The molecule has 1 unspecified atom stereocenters. The standard InChI is InChI=1S/C12H13ClN4OS.CH2O2/c1-7(11-16-17-12(19-11)10(14)18)15-6-8-2-4-9(13)5-3-8;2-1-3/h2-5,7,15H,6H2,1H3,(H2,14,18);1H,(H,2,3). The quantitative estimate of drug-likeness (QED) is 0.713. The van der Waals surface area contributed by atoms with Gasteiger partial charge < -0.3 is 16.2 Å². The van der Waals surface area contributed by atoms with Gasteiger partial charge in [0.1, 0.15) is 5.01 Å². The van der Waals surface area contributed by atoms with Gasteiger partial charge in [0.2, 0.25) is 5.01 Å². The Morgan fingerprint density at radius 1 is 1.45 bits per heavy atom. The van der Waals surface area contributed by atoms with E-state index in [9.17, 15) is 4.79 Å². The molecule has 1 atom stereocenters. The molecule has 0 fully saturated rings. The summed E-state index contributed by atoms with van der Waals surface area (Å²) < 4.78 is 0. The molecule has 9 heteroatoms. The van der Waals surface area contributed by atoms with Crippen molar-refractivity contribution in [2.24, 2.45) is 5.73 Å². The van der Waals surface area contributed by atoms with Crippen LogP contribution < -0.4 is 11.1 Å². The lowest BCUT2D eigenvalue weighted by atomic mass is 10.2. The Morgan fingerprint density at radius 3 is 2.55 bits per heavy atom. The second kappa shape index (κ2) is 9.08. The van der Waals surface area contributed by atoms with Gasteiger partial charge in [-0.05, 0) is 24.6 Å². The first kappa shape index (κ1) is 18.0. The van der Waals surface area contributed by atoms with Gasteiger partial charge in [-0.3, -0.25) is 9.59 Å². The lowest BCUT2D eigenvalue weighted by molar-refractivity contribution is -0.122. The van der Waals surface area contributed by atoms with Crippen LogP contribution in [0.15, 0.2) is 24.3 Å². The van der Waals surface area contributed by atoms with Gasteiger partial charge in [0.05, 0.1) is 6.04 Å². The smallest absolute Gasteiger partial charge is 0.290 e. The highest BCUT2D eigenvalue weighted by Crippen LogP contribution is 2.18. The first-order valence-electron chi connectivity index (χ1n) is 6.16. The molecule has 0 saturated carbocycles. The van der Waals surface area contributed by atoms with E-state index in [1.165, 1.54) is 11.3 Å². The Kier molecular flexibility index (Phi) is 7.44. The Morgan fingerprint density at radius 2 is 2.05 bits per heavy atom. The minimum absolute atomic E-state index is 0.00118. The van der Waals surface area contributed by atoms with E-state index >= 15 is 0 Å². The summed E-state index contributed by atoms with van der Waals surface area (Å²) in [6.45, 7) is 2.39. The first-order valence-corrected chi connectivity index (χ1v) is 7.36. The normalized spacial score (nSPS) is 11.2. The number of nitrogens with one attached hydrogen (secondary N) is 1. The Hall–Kier alpha value is -2.03. The number of primary amides is 1. The van der Waals surface area contributed by atoms with E-state index in [1.807, 2.05) is 31.2 Å². The highest BCUT2D eigenvalue weighted by molar-refractivity contribution is 7.13. The van der Waals surface area contributed by atoms with E-state index < -0.39 is 5.91 Å². The zero-order valence-corrected chi connectivity index (χ0v) is 13.3. The van der Waals surface area contributed by atoms with Crippen LogP contribution in [-0.4, -0.2) is 27.7 Å². The van der Waals surface area contributed by atoms with Crippen molar-refractivity contribution >= 4 is 35.3 Å². The number of hydrogen-bond donors (Lipinski definition) is 3. The number of aromatic nitrogens is 2. The number of carbonyl (C=O) groups is 2. The van der Waals surface area contributed by atoms with Crippen LogP contribution >= 0.6 is 22.9 Å². The third-order valence-electron chi connectivity index (χ3n) is 2.55. The molecule has 1 amide bonds.